The summed E-state index contributed by atoms with van der Waals surface area (Å²) >= 11 is 0. The molecule has 3 N–H and O–H groups in total. The van der Waals surface area contributed by atoms with Crippen molar-refractivity contribution >= 4 is 0 Å². The lowest BCUT2D eigenvalue weighted by atomic mass is 10.1. The molecule has 0 radical (unpaired) electrons. The number of aliphatic hydroxyl groups is 3. The lowest BCUT2D eigenvalue weighted by molar-refractivity contribution is -0.186. The standard InChI is InChI=1S/C8H16O5/c1-4(2)12-8-7(11)6(10)5(3-9)13-8/h4-11H,3H2,1-2H3/t5-,6-,7-,8-/m1/s1. The van der Waals surface area contributed by atoms with Gasteiger partial charge < -0.3 is 24.8 Å². The Bertz CT molecular complexity index is 161. The molecule has 4 atom stereocenters. The molecule has 0 unspecified atom stereocenters. The summed E-state index contributed by atoms with van der Waals surface area (Å²) in [5.41, 5.74) is 0. The smallest absolute Gasteiger partial charge is 0.186 e. The largest absolute Gasteiger partial charge is 0.394 e. The lowest BCUT2D eigenvalue weighted by Crippen LogP contribution is -2.35. The van der Waals surface area contributed by atoms with E-state index in [1.54, 1.807) is 13.8 Å². The number of ether oxygens (including phenoxy) is 2. The van der Waals surface area contributed by atoms with Gasteiger partial charge in [0.1, 0.15) is 18.3 Å². The first-order valence-corrected chi connectivity index (χ1v) is 4.34. The van der Waals surface area contributed by atoms with E-state index in [0.717, 1.165) is 0 Å². The second-order valence-electron chi connectivity index (χ2n) is 3.39. The van der Waals surface area contributed by atoms with Gasteiger partial charge in [-0.1, -0.05) is 0 Å². The van der Waals surface area contributed by atoms with Crippen LogP contribution in [-0.2, 0) is 9.47 Å². The van der Waals surface area contributed by atoms with Crippen LogP contribution in [0.3, 0.4) is 0 Å². The minimum absolute atomic E-state index is 0.0932. The highest BCUT2D eigenvalue weighted by molar-refractivity contribution is 4.86. The fourth-order valence-electron chi connectivity index (χ4n) is 1.25. The zero-order valence-corrected chi connectivity index (χ0v) is 7.75. The van der Waals surface area contributed by atoms with Gasteiger partial charge >= 0.3 is 0 Å². The summed E-state index contributed by atoms with van der Waals surface area (Å²) < 4.78 is 10.3. The highest BCUT2D eigenvalue weighted by Gasteiger charge is 2.43. The fourth-order valence-corrected chi connectivity index (χ4v) is 1.25. The van der Waals surface area contributed by atoms with Crippen LogP contribution in [-0.4, -0.2) is 52.6 Å². The van der Waals surface area contributed by atoms with E-state index in [1.807, 2.05) is 0 Å². The summed E-state index contributed by atoms with van der Waals surface area (Å²) in [5.74, 6) is 0. The average molecular weight is 192 g/mol. The van der Waals surface area contributed by atoms with Gasteiger partial charge in [-0.25, -0.2) is 0 Å². The highest BCUT2D eigenvalue weighted by atomic mass is 16.7. The van der Waals surface area contributed by atoms with Gasteiger partial charge in [0.05, 0.1) is 12.7 Å². The second kappa shape index (κ2) is 4.34. The maximum absolute atomic E-state index is 9.40. The first kappa shape index (κ1) is 10.9. The summed E-state index contributed by atoms with van der Waals surface area (Å²) in [6.45, 7) is 3.28. The zero-order chi connectivity index (χ0) is 10.0. The predicted octanol–water partition coefficient (Wildman–Crippen LogP) is -1.15. The van der Waals surface area contributed by atoms with Gasteiger partial charge in [-0.2, -0.15) is 0 Å². The van der Waals surface area contributed by atoms with Crippen LogP contribution in [0.2, 0.25) is 0 Å². The maximum Gasteiger partial charge on any atom is 0.186 e. The molecule has 5 nitrogen and oxygen atoms in total. The van der Waals surface area contributed by atoms with Gasteiger partial charge in [0.25, 0.3) is 0 Å². The number of hydrogen-bond acceptors (Lipinski definition) is 5. The van der Waals surface area contributed by atoms with Crippen LogP contribution in [0.4, 0.5) is 0 Å². The molecule has 0 aromatic carbocycles. The first-order chi connectivity index (χ1) is 6.06. The molecular weight excluding hydrogens is 176 g/mol. The third-order valence-electron chi connectivity index (χ3n) is 1.90. The van der Waals surface area contributed by atoms with Crippen molar-refractivity contribution in [3.63, 3.8) is 0 Å². The third-order valence-corrected chi connectivity index (χ3v) is 1.90. The molecular formula is C8H16O5. The Labute approximate surface area is 76.9 Å². The zero-order valence-electron chi connectivity index (χ0n) is 7.75. The monoisotopic (exact) mass is 192 g/mol. The van der Waals surface area contributed by atoms with E-state index in [9.17, 15) is 10.2 Å². The summed E-state index contributed by atoms with van der Waals surface area (Å²) in [4.78, 5) is 0. The van der Waals surface area contributed by atoms with E-state index in [-0.39, 0.29) is 12.7 Å². The minimum Gasteiger partial charge on any atom is -0.394 e. The summed E-state index contributed by atoms with van der Waals surface area (Å²) in [7, 11) is 0. The molecule has 0 amide bonds. The first-order valence-electron chi connectivity index (χ1n) is 4.34. The molecule has 0 aromatic rings. The van der Waals surface area contributed by atoms with Crippen molar-refractivity contribution in [2.45, 2.75) is 44.6 Å². The van der Waals surface area contributed by atoms with E-state index >= 15 is 0 Å². The van der Waals surface area contributed by atoms with Gasteiger partial charge in [-0.15, -0.1) is 0 Å². The minimum atomic E-state index is -1.08. The summed E-state index contributed by atoms with van der Waals surface area (Å²) in [6, 6.07) is 0. The average Bonchev–Trinajstić information content (AvgIpc) is 2.32. The number of rotatable bonds is 3. The Morgan fingerprint density at radius 1 is 1.31 bits per heavy atom. The van der Waals surface area contributed by atoms with Gasteiger partial charge in [-0.3, -0.25) is 0 Å². The molecule has 0 bridgehead atoms. The van der Waals surface area contributed by atoms with E-state index in [2.05, 4.69) is 0 Å². The highest BCUT2D eigenvalue weighted by Crippen LogP contribution is 2.22. The predicted molar refractivity (Wildman–Crippen MR) is 44.0 cm³/mol. The molecule has 13 heavy (non-hydrogen) atoms. The van der Waals surface area contributed by atoms with Crippen molar-refractivity contribution in [3.05, 3.63) is 0 Å². The van der Waals surface area contributed by atoms with Crippen LogP contribution in [0.1, 0.15) is 13.8 Å². The molecule has 0 spiro atoms. The fraction of sp³-hybridized carbons (Fsp3) is 1.00. The molecule has 78 valence electrons. The van der Waals surface area contributed by atoms with Crippen LogP contribution in [0.25, 0.3) is 0 Å². The summed E-state index contributed by atoms with van der Waals surface area (Å²) in [5, 5.41) is 27.5. The van der Waals surface area contributed by atoms with Gasteiger partial charge in [0.2, 0.25) is 0 Å². The molecule has 0 aliphatic carbocycles. The quantitative estimate of drug-likeness (QED) is 0.526. The van der Waals surface area contributed by atoms with Gasteiger partial charge in [0.15, 0.2) is 6.29 Å². The van der Waals surface area contributed by atoms with Crippen molar-refractivity contribution in [2.75, 3.05) is 6.61 Å². The van der Waals surface area contributed by atoms with Crippen molar-refractivity contribution < 1.29 is 24.8 Å². The van der Waals surface area contributed by atoms with Crippen molar-refractivity contribution in [1.82, 2.24) is 0 Å². The Morgan fingerprint density at radius 3 is 2.31 bits per heavy atom. The Morgan fingerprint density at radius 2 is 1.92 bits per heavy atom. The van der Waals surface area contributed by atoms with E-state index in [1.165, 1.54) is 0 Å². The maximum atomic E-state index is 9.40. The van der Waals surface area contributed by atoms with E-state index in [4.69, 9.17) is 14.6 Å². The van der Waals surface area contributed by atoms with Crippen molar-refractivity contribution in [3.8, 4) is 0 Å². The van der Waals surface area contributed by atoms with Gasteiger partial charge in [0, 0.05) is 0 Å². The molecule has 1 aliphatic heterocycles. The Balaban J connectivity index is 2.50. The molecule has 1 rings (SSSR count). The van der Waals surface area contributed by atoms with Gasteiger partial charge in [-0.05, 0) is 13.8 Å². The Kier molecular flexibility index (Phi) is 3.63. The third kappa shape index (κ3) is 2.38. The van der Waals surface area contributed by atoms with Crippen LogP contribution < -0.4 is 0 Å². The lowest BCUT2D eigenvalue weighted by Gasteiger charge is -2.17. The summed E-state index contributed by atoms with van der Waals surface area (Å²) in [6.07, 6.45) is -3.84. The molecule has 1 saturated heterocycles. The van der Waals surface area contributed by atoms with E-state index < -0.39 is 24.6 Å². The normalized spacial score (nSPS) is 40.2. The van der Waals surface area contributed by atoms with Crippen molar-refractivity contribution in [2.24, 2.45) is 0 Å². The molecule has 0 aromatic heterocycles. The number of hydrogen-bond donors (Lipinski definition) is 3. The molecule has 1 fully saturated rings. The van der Waals surface area contributed by atoms with Crippen LogP contribution in [0.5, 0.6) is 0 Å². The molecule has 5 heteroatoms. The molecule has 0 saturated carbocycles. The Hall–Kier alpha value is -0.200. The molecule has 1 heterocycles. The van der Waals surface area contributed by atoms with Crippen LogP contribution >= 0.6 is 0 Å². The molecule has 1 aliphatic rings. The topological polar surface area (TPSA) is 79.2 Å². The SMILES string of the molecule is CC(C)O[C@@H]1O[C@H](CO)[C@@H](O)[C@H]1O. The van der Waals surface area contributed by atoms with E-state index in [0.29, 0.717) is 0 Å². The van der Waals surface area contributed by atoms with Crippen LogP contribution in [0, 0.1) is 0 Å². The van der Waals surface area contributed by atoms with Crippen LogP contribution in [0.15, 0.2) is 0 Å². The second-order valence-corrected chi connectivity index (χ2v) is 3.39. The van der Waals surface area contributed by atoms with Crippen molar-refractivity contribution in [1.29, 1.82) is 0 Å². The number of aliphatic hydroxyl groups excluding tert-OH is 3.